The average Bonchev–Trinajstić information content (AvgIpc) is 3.17. The maximum atomic E-state index is 11.9. The van der Waals surface area contributed by atoms with Gasteiger partial charge in [0.25, 0.3) is 5.56 Å². The Morgan fingerprint density at radius 1 is 1.36 bits per heavy atom. The molecule has 1 amide bonds. The van der Waals surface area contributed by atoms with Gasteiger partial charge >= 0.3 is 0 Å². The van der Waals surface area contributed by atoms with Crippen molar-refractivity contribution in [2.24, 2.45) is 0 Å². The Labute approximate surface area is 172 Å². The molecular weight excluding hydrogens is 394 g/mol. The number of carbonyl (C=O) groups is 1. The first-order chi connectivity index (χ1) is 13.6. The van der Waals surface area contributed by atoms with Gasteiger partial charge in [0.2, 0.25) is 5.91 Å². The summed E-state index contributed by atoms with van der Waals surface area (Å²) >= 11 is 2.87. The first-order valence-electron chi connectivity index (χ1n) is 9.10. The second kappa shape index (κ2) is 10.4. The predicted octanol–water partition coefficient (Wildman–Crippen LogP) is 3.27. The maximum absolute atomic E-state index is 11.9. The van der Waals surface area contributed by atoms with Crippen LogP contribution < -0.4 is 10.9 Å². The van der Waals surface area contributed by atoms with Crippen LogP contribution in [0.2, 0.25) is 0 Å². The van der Waals surface area contributed by atoms with Gasteiger partial charge in [0.05, 0.1) is 17.6 Å². The molecule has 2 aromatic heterocycles. The summed E-state index contributed by atoms with van der Waals surface area (Å²) in [5.74, 6) is 0.858. The number of hydrogen-bond donors (Lipinski definition) is 1. The SMILES string of the molecule is CC(OCCCNC(=O)CSCc1cc(=O)n2ccsc2n1)c1ccccc1. The van der Waals surface area contributed by atoms with Crippen LogP contribution in [0, 0.1) is 0 Å². The van der Waals surface area contributed by atoms with Gasteiger partial charge in [0.15, 0.2) is 4.96 Å². The van der Waals surface area contributed by atoms with E-state index in [1.165, 1.54) is 33.6 Å². The van der Waals surface area contributed by atoms with E-state index < -0.39 is 0 Å². The van der Waals surface area contributed by atoms with Gasteiger partial charge in [-0.25, -0.2) is 4.98 Å². The van der Waals surface area contributed by atoms with Crippen LogP contribution in [0.3, 0.4) is 0 Å². The van der Waals surface area contributed by atoms with E-state index in [4.69, 9.17) is 4.74 Å². The maximum Gasteiger partial charge on any atom is 0.258 e. The molecule has 1 N–H and O–H groups in total. The number of benzene rings is 1. The van der Waals surface area contributed by atoms with Gasteiger partial charge in [-0.3, -0.25) is 14.0 Å². The highest BCUT2D eigenvalue weighted by atomic mass is 32.2. The molecular formula is C20H23N3O3S2. The van der Waals surface area contributed by atoms with Crippen LogP contribution in [0.15, 0.2) is 52.8 Å². The minimum Gasteiger partial charge on any atom is -0.374 e. The summed E-state index contributed by atoms with van der Waals surface area (Å²) in [5, 5.41) is 4.73. The van der Waals surface area contributed by atoms with Crippen LogP contribution >= 0.6 is 23.1 Å². The van der Waals surface area contributed by atoms with Gasteiger partial charge in [0, 0.05) is 36.5 Å². The van der Waals surface area contributed by atoms with E-state index in [0.717, 1.165) is 12.0 Å². The second-order valence-corrected chi connectivity index (χ2v) is 8.12. The molecule has 0 bridgehead atoms. The summed E-state index contributed by atoms with van der Waals surface area (Å²) < 4.78 is 7.31. The normalized spacial score (nSPS) is 12.2. The molecule has 0 aliphatic heterocycles. The van der Waals surface area contributed by atoms with Gasteiger partial charge in [-0.05, 0) is 18.9 Å². The summed E-state index contributed by atoms with van der Waals surface area (Å²) in [4.78, 5) is 29.0. The standard InChI is InChI=1S/C20H23N3O3S2/c1-15(16-6-3-2-4-7-16)26-10-5-8-21-18(24)14-27-13-17-12-19(25)23-9-11-28-20(23)22-17/h2-4,6-7,9,11-12,15H,5,8,10,13-14H2,1H3,(H,21,24). The zero-order chi connectivity index (χ0) is 19.8. The lowest BCUT2D eigenvalue weighted by Gasteiger charge is -2.13. The van der Waals surface area contributed by atoms with Crippen LogP contribution in [0.4, 0.5) is 0 Å². The third-order valence-electron chi connectivity index (χ3n) is 4.12. The number of amides is 1. The van der Waals surface area contributed by atoms with E-state index >= 15 is 0 Å². The molecule has 0 spiro atoms. The first-order valence-corrected chi connectivity index (χ1v) is 11.1. The fraction of sp³-hybridized carbons (Fsp3) is 0.350. The molecule has 0 saturated carbocycles. The third-order valence-corrected chi connectivity index (χ3v) is 5.84. The summed E-state index contributed by atoms with van der Waals surface area (Å²) in [7, 11) is 0. The van der Waals surface area contributed by atoms with Crippen LogP contribution in [0.1, 0.15) is 30.7 Å². The molecule has 28 heavy (non-hydrogen) atoms. The van der Waals surface area contributed by atoms with E-state index in [1.807, 2.05) is 42.6 Å². The van der Waals surface area contributed by atoms with Crippen molar-refractivity contribution in [2.45, 2.75) is 25.2 Å². The highest BCUT2D eigenvalue weighted by molar-refractivity contribution is 7.99. The Morgan fingerprint density at radius 2 is 2.18 bits per heavy atom. The molecule has 0 radical (unpaired) electrons. The Balaban J connectivity index is 1.30. The largest absolute Gasteiger partial charge is 0.374 e. The van der Waals surface area contributed by atoms with E-state index in [-0.39, 0.29) is 17.6 Å². The second-order valence-electron chi connectivity index (χ2n) is 6.26. The van der Waals surface area contributed by atoms with Gasteiger partial charge in [-0.15, -0.1) is 23.1 Å². The van der Waals surface area contributed by atoms with Gasteiger partial charge in [-0.1, -0.05) is 30.3 Å². The number of carbonyl (C=O) groups excluding carboxylic acids is 1. The Kier molecular flexibility index (Phi) is 7.64. The molecule has 0 aliphatic rings. The fourth-order valence-corrected chi connectivity index (χ4v) is 4.13. The molecule has 0 fully saturated rings. The molecule has 148 valence electrons. The molecule has 3 rings (SSSR count). The van der Waals surface area contributed by atoms with Gasteiger partial charge in [0.1, 0.15) is 0 Å². The lowest BCUT2D eigenvalue weighted by molar-refractivity contribution is -0.118. The molecule has 1 unspecified atom stereocenters. The third kappa shape index (κ3) is 5.92. The van der Waals surface area contributed by atoms with E-state index in [1.54, 1.807) is 6.20 Å². The topological polar surface area (TPSA) is 72.7 Å². The van der Waals surface area contributed by atoms with Crippen molar-refractivity contribution in [1.82, 2.24) is 14.7 Å². The fourth-order valence-electron chi connectivity index (χ4n) is 2.64. The number of rotatable bonds is 10. The van der Waals surface area contributed by atoms with Crippen molar-refractivity contribution < 1.29 is 9.53 Å². The van der Waals surface area contributed by atoms with Crippen LogP contribution in [-0.2, 0) is 15.3 Å². The Bertz CT molecular complexity index is 956. The lowest BCUT2D eigenvalue weighted by Crippen LogP contribution is -2.27. The number of thiazole rings is 1. The number of nitrogens with one attached hydrogen (secondary N) is 1. The molecule has 0 aliphatic carbocycles. The lowest BCUT2D eigenvalue weighted by atomic mass is 10.1. The highest BCUT2D eigenvalue weighted by Crippen LogP contribution is 2.16. The Morgan fingerprint density at radius 3 is 3.00 bits per heavy atom. The zero-order valence-electron chi connectivity index (χ0n) is 15.7. The van der Waals surface area contributed by atoms with Crippen molar-refractivity contribution in [3.8, 4) is 0 Å². The minimum atomic E-state index is -0.0870. The van der Waals surface area contributed by atoms with Gasteiger partial charge in [-0.2, -0.15) is 0 Å². The first kappa shape index (κ1) is 20.6. The molecule has 2 heterocycles. The number of nitrogens with zero attached hydrogens (tertiary/aromatic N) is 2. The molecule has 6 nitrogen and oxygen atoms in total. The van der Waals surface area contributed by atoms with Crippen LogP contribution in [0.5, 0.6) is 0 Å². The summed E-state index contributed by atoms with van der Waals surface area (Å²) in [6.45, 7) is 3.21. The van der Waals surface area contributed by atoms with Gasteiger partial charge < -0.3 is 10.1 Å². The predicted molar refractivity (Wildman–Crippen MR) is 114 cm³/mol. The molecule has 1 atom stereocenters. The smallest absolute Gasteiger partial charge is 0.258 e. The summed E-state index contributed by atoms with van der Waals surface area (Å²) in [6, 6.07) is 11.6. The minimum absolute atomic E-state index is 0.0185. The number of aromatic nitrogens is 2. The van der Waals surface area contributed by atoms with Crippen molar-refractivity contribution >= 4 is 34.0 Å². The van der Waals surface area contributed by atoms with Crippen LogP contribution in [0.25, 0.3) is 4.96 Å². The highest BCUT2D eigenvalue weighted by Gasteiger charge is 2.07. The number of fused-ring (bicyclic) bond motifs is 1. The van der Waals surface area contributed by atoms with E-state index in [9.17, 15) is 9.59 Å². The van der Waals surface area contributed by atoms with E-state index in [2.05, 4.69) is 10.3 Å². The Hall–Kier alpha value is -2.16. The number of ether oxygens (including phenoxy) is 1. The monoisotopic (exact) mass is 417 g/mol. The van der Waals surface area contributed by atoms with Crippen LogP contribution in [-0.4, -0.2) is 34.2 Å². The number of thioether (sulfide) groups is 1. The van der Waals surface area contributed by atoms with Crippen molar-refractivity contribution in [3.05, 3.63) is 69.6 Å². The van der Waals surface area contributed by atoms with Crippen molar-refractivity contribution in [1.29, 1.82) is 0 Å². The molecule has 8 heteroatoms. The average molecular weight is 418 g/mol. The summed E-state index contributed by atoms with van der Waals surface area (Å²) in [5.41, 5.74) is 1.77. The van der Waals surface area contributed by atoms with Crippen molar-refractivity contribution in [3.63, 3.8) is 0 Å². The number of hydrogen-bond acceptors (Lipinski definition) is 6. The quantitative estimate of drug-likeness (QED) is 0.513. The molecule has 1 aromatic carbocycles. The molecule has 0 saturated heterocycles. The molecule has 3 aromatic rings. The zero-order valence-corrected chi connectivity index (χ0v) is 17.3. The van der Waals surface area contributed by atoms with E-state index in [0.29, 0.717) is 35.3 Å². The summed E-state index contributed by atoms with van der Waals surface area (Å²) in [6.07, 6.45) is 2.52. The van der Waals surface area contributed by atoms with Crippen molar-refractivity contribution in [2.75, 3.05) is 18.9 Å².